The molecule has 1 rings (SSSR count). The molecule has 0 aromatic rings. The SMILES string of the molecule is CNCCC1CCN1C(=O)C(C)C. The molecule has 3 nitrogen and oxygen atoms in total. The molecule has 13 heavy (non-hydrogen) atoms. The van der Waals surface area contributed by atoms with Gasteiger partial charge >= 0.3 is 0 Å². The molecular formula is C10H20N2O. The van der Waals surface area contributed by atoms with E-state index in [4.69, 9.17) is 0 Å². The quantitative estimate of drug-likeness (QED) is 0.702. The molecule has 1 fully saturated rings. The molecule has 1 N–H and O–H groups in total. The van der Waals surface area contributed by atoms with E-state index in [1.54, 1.807) is 0 Å². The van der Waals surface area contributed by atoms with Gasteiger partial charge < -0.3 is 10.2 Å². The molecule has 1 amide bonds. The molecule has 1 saturated heterocycles. The van der Waals surface area contributed by atoms with Crippen LogP contribution in [0.5, 0.6) is 0 Å². The van der Waals surface area contributed by atoms with E-state index in [9.17, 15) is 4.79 Å². The second kappa shape index (κ2) is 4.61. The summed E-state index contributed by atoms with van der Waals surface area (Å²) in [7, 11) is 1.95. The van der Waals surface area contributed by atoms with E-state index in [-0.39, 0.29) is 5.92 Å². The van der Waals surface area contributed by atoms with E-state index in [2.05, 4.69) is 5.32 Å². The van der Waals surface area contributed by atoms with Crippen molar-refractivity contribution in [3.63, 3.8) is 0 Å². The number of carbonyl (C=O) groups is 1. The van der Waals surface area contributed by atoms with Gasteiger partial charge in [-0.25, -0.2) is 0 Å². The lowest BCUT2D eigenvalue weighted by atomic mass is 9.97. The Morgan fingerprint density at radius 1 is 1.62 bits per heavy atom. The zero-order valence-electron chi connectivity index (χ0n) is 8.84. The molecule has 0 aromatic carbocycles. The van der Waals surface area contributed by atoms with E-state index in [1.807, 2.05) is 25.8 Å². The number of rotatable bonds is 4. The fourth-order valence-corrected chi connectivity index (χ4v) is 1.67. The summed E-state index contributed by atoms with van der Waals surface area (Å²) in [5.74, 6) is 0.463. The second-order valence-corrected chi connectivity index (χ2v) is 4.02. The van der Waals surface area contributed by atoms with Crippen molar-refractivity contribution in [3.05, 3.63) is 0 Å². The lowest BCUT2D eigenvalue weighted by molar-refractivity contribution is -0.142. The van der Waals surface area contributed by atoms with Crippen LogP contribution in [0.4, 0.5) is 0 Å². The molecule has 3 heteroatoms. The molecule has 0 spiro atoms. The van der Waals surface area contributed by atoms with Crippen LogP contribution >= 0.6 is 0 Å². The third-order valence-corrected chi connectivity index (χ3v) is 2.65. The Labute approximate surface area is 80.5 Å². The Kier molecular flexibility index (Phi) is 3.72. The molecule has 1 heterocycles. The summed E-state index contributed by atoms with van der Waals surface area (Å²) in [6.07, 6.45) is 2.27. The average molecular weight is 184 g/mol. The third-order valence-electron chi connectivity index (χ3n) is 2.65. The lowest BCUT2D eigenvalue weighted by Gasteiger charge is -2.42. The summed E-state index contributed by atoms with van der Waals surface area (Å²) in [4.78, 5) is 13.6. The molecular weight excluding hydrogens is 164 g/mol. The predicted octanol–water partition coefficient (Wildman–Crippen LogP) is 0.853. The average Bonchev–Trinajstić information content (AvgIpc) is 2.03. The molecule has 0 radical (unpaired) electrons. The van der Waals surface area contributed by atoms with Gasteiger partial charge in [-0.2, -0.15) is 0 Å². The molecule has 76 valence electrons. The Balaban J connectivity index is 2.31. The summed E-state index contributed by atoms with van der Waals surface area (Å²) in [6, 6.07) is 0.502. The Morgan fingerprint density at radius 2 is 2.31 bits per heavy atom. The molecule has 0 aromatic heterocycles. The van der Waals surface area contributed by atoms with Gasteiger partial charge in [0.1, 0.15) is 0 Å². The normalized spacial score (nSPS) is 21.8. The first-order valence-electron chi connectivity index (χ1n) is 5.12. The van der Waals surface area contributed by atoms with Gasteiger partial charge in [-0.3, -0.25) is 4.79 Å². The van der Waals surface area contributed by atoms with Crippen LogP contribution in [0, 0.1) is 5.92 Å². The van der Waals surface area contributed by atoms with Crippen molar-refractivity contribution in [1.29, 1.82) is 0 Å². The van der Waals surface area contributed by atoms with Gasteiger partial charge in [0.05, 0.1) is 0 Å². The van der Waals surface area contributed by atoms with Gasteiger partial charge in [0.15, 0.2) is 0 Å². The highest BCUT2D eigenvalue weighted by Gasteiger charge is 2.32. The molecule has 0 bridgehead atoms. The van der Waals surface area contributed by atoms with Gasteiger partial charge in [0.2, 0.25) is 5.91 Å². The van der Waals surface area contributed by atoms with E-state index in [1.165, 1.54) is 6.42 Å². The van der Waals surface area contributed by atoms with E-state index in [0.29, 0.717) is 11.9 Å². The van der Waals surface area contributed by atoms with Crippen LogP contribution in [0.15, 0.2) is 0 Å². The van der Waals surface area contributed by atoms with Crippen molar-refractivity contribution in [1.82, 2.24) is 10.2 Å². The number of amides is 1. The van der Waals surface area contributed by atoms with E-state index in [0.717, 1.165) is 19.5 Å². The highest BCUT2D eigenvalue weighted by atomic mass is 16.2. The third kappa shape index (κ3) is 2.44. The highest BCUT2D eigenvalue weighted by molar-refractivity contribution is 5.79. The van der Waals surface area contributed by atoms with Crippen molar-refractivity contribution in [2.45, 2.75) is 32.7 Å². The topological polar surface area (TPSA) is 32.3 Å². The Hall–Kier alpha value is -0.570. The number of hydrogen-bond donors (Lipinski definition) is 1. The maximum Gasteiger partial charge on any atom is 0.225 e. The van der Waals surface area contributed by atoms with Gasteiger partial charge in [-0.1, -0.05) is 13.8 Å². The first-order chi connectivity index (χ1) is 6.16. The summed E-state index contributed by atoms with van der Waals surface area (Å²) in [5.41, 5.74) is 0. The smallest absolute Gasteiger partial charge is 0.225 e. The molecule has 0 aliphatic carbocycles. The minimum absolute atomic E-state index is 0.150. The number of nitrogens with zero attached hydrogens (tertiary/aromatic N) is 1. The standard InChI is InChI=1S/C10H20N2O/c1-8(2)10(13)12-7-5-9(12)4-6-11-3/h8-9,11H,4-7H2,1-3H3. The van der Waals surface area contributed by atoms with Crippen LogP contribution < -0.4 is 5.32 Å². The lowest BCUT2D eigenvalue weighted by Crippen LogP contribution is -2.53. The monoisotopic (exact) mass is 184 g/mol. The van der Waals surface area contributed by atoms with Crippen LogP contribution in [-0.4, -0.2) is 37.0 Å². The van der Waals surface area contributed by atoms with E-state index < -0.39 is 0 Å². The second-order valence-electron chi connectivity index (χ2n) is 4.02. The van der Waals surface area contributed by atoms with Crippen molar-refractivity contribution in [2.24, 2.45) is 5.92 Å². The first-order valence-corrected chi connectivity index (χ1v) is 5.12. The molecule has 1 aliphatic rings. The van der Waals surface area contributed by atoms with Gasteiger partial charge in [-0.05, 0) is 26.4 Å². The Morgan fingerprint density at radius 3 is 2.69 bits per heavy atom. The van der Waals surface area contributed by atoms with Crippen LogP contribution in [-0.2, 0) is 4.79 Å². The summed E-state index contributed by atoms with van der Waals surface area (Å²) in [5, 5.41) is 3.12. The Bertz CT molecular complexity index is 180. The molecule has 0 saturated carbocycles. The van der Waals surface area contributed by atoms with Crippen molar-refractivity contribution in [2.75, 3.05) is 20.1 Å². The van der Waals surface area contributed by atoms with E-state index >= 15 is 0 Å². The van der Waals surface area contributed by atoms with Gasteiger partial charge in [0, 0.05) is 18.5 Å². The number of nitrogens with one attached hydrogen (secondary N) is 1. The molecule has 1 atom stereocenters. The van der Waals surface area contributed by atoms with Crippen LogP contribution in [0.2, 0.25) is 0 Å². The van der Waals surface area contributed by atoms with Crippen LogP contribution in [0.3, 0.4) is 0 Å². The number of carbonyl (C=O) groups excluding carboxylic acids is 1. The fourth-order valence-electron chi connectivity index (χ4n) is 1.67. The minimum Gasteiger partial charge on any atom is -0.339 e. The highest BCUT2D eigenvalue weighted by Crippen LogP contribution is 2.22. The van der Waals surface area contributed by atoms with Gasteiger partial charge in [0.25, 0.3) is 0 Å². The maximum atomic E-state index is 11.6. The fraction of sp³-hybridized carbons (Fsp3) is 0.900. The summed E-state index contributed by atoms with van der Waals surface area (Å²) in [6.45, 7) is 5.91. The van der Waals surface area contributed by atoms with Crippen molar-refractivity contribution in [3.8, 4) is 0 Å². The van der Waals surface area contributed by atoms with Gasteiger partial charge in [-0.15, -0.1) is 0 Å². The van der Waals surface area contributed by atoms with Crippen molar-refractivity contribution < 1.29 is 4.79 Å². The minimum atomic E-state index is 0.150. The predicted molar refractivity (Wildman–Crippen MR) is 53.5 cm³/mol. The molecule has 1 aliphatic heterocycles. The largest absolute Gasteiger partial charge is 0.339 e. The number of hydrogen-bond acceptors (Lipinski definition) is 2. The maximum absolute atomic E-state index is 11.6. The van der Waals surface area contributed by atoms with Crippen molar-refractivity contribution >= 4 is 5.91 Å². The summed E-state index contributed by atoms with van der Waals surface area (Å²) < 4.78 is 0. The van der Waals surface area contributed by atoms with Crippen LogP contribution in [0.1, 0.15) is 26.7 Å². The first kappa shape index (κ1) is 10.5. The van der Waals surface area contributed by atoms with Crippen LogP contribution in [0.25, 0.3) is 0 Å². The summed E-state index contributed by atoms with van der Waals surface area (Å²) >= 11 is 0. The zero-order valence-corrected chi connectivity index (χ0v) is 8.84. The zero-order chi connectivity index (χ0) is 9.84. The molecule has 1 unspecified atom stereocenters. The number of likely N-dealkylation sites (tertiary alicyclic amines) is 1.